The topological polar surface area (TPSA) is 22.1 Å². The second-order valence-corrected chi connectivity index (χ2v) is 4.13. The van der Waals surface area contributed by atoms with E-state index in [1.807, 2.05) is 0 Å². The molecule has 1 aromatic heterocycles. The van der Waals surface area contributed by atoms with Crippen molar-refractivity contribution in [2.45, 2.75) is 6.61 Å². The molecule has 2 nitrogen and oxygen atoms in total. The Kier molecular flexibility index (Phi) is 3.26. The summed E-state index contributed by atoms with van der Waals surface area (Å²) in [7, 11) is 1.56. The first-order valence-electron chi connectivity index (χ1n) is 4.59. The third-order valence-electron chi connectivity index (χ3n) is 2.02. The molecule has 0 N–H and O–H groups in total. The molecule has 84 valence electrons. The molecule has 1 heterocycles. The predicted molar refractivity (Wildman–Crippen MR) is 58.2 cm³/mol. The first kappa shape index (κ1) is 11.2. The van der Waals surface area contributed by atoms with Crippen LogP contribution in [0.4, 0.5) is 8.78 Å². The van der Waals surface area contributed by atoms with Crippen LogP contribution >= 0.6 is 11.3 Å². The van der Waals surface area contributed by atoms with Crippen molar-refractivity contribution < 1.29 is 13.5 Å². The summed E-state index contributed by atoms with van der Waals surface area (Å²) in [4.78, 5) is 4.16. The zero-order valence-electron chi connectivity index (χ0n) is 8.54. The van der Waals surface area contributed by atoms with Crippen molar-refractivity contribution in [1.82, 2.24) is 4.98 Å². The number of aromatic nitrogens is 1. The van der Waals surface area contributed by atoms with E-state index >= 15 is 0 Å². The van der Waals surface area contributed by atoms with Crippen molar-refractivity contribution in [3.63, 3.8) is 0 Å². The zero-order chi connectivity index (χ0) is 11.5. The Bertz CT molecular complexity index is 498. The third-order valence-corrected chi connectivity index (χ3v) is 2.85. The molecule has 1 aromatic carbocycles. The van der Waals surface area contributed by atoms with E-state index in [2.05, 4.69) is 4.98 Å². The first-order chi connectivity index (χ1) is 7.70. The largest absolute Gasteiger partial charge is 0.378 e. The molecule has 0 unspecified atom stereocenters. The maximum atomic E-state index is 13.4. The molecule has 5 heteroatoms. The van der Waals surface area contributed by atoms with Crippen LogP contribution in [0.15, 0.2) is 23.6 Å². The molecule has 16 heavy (non-hydrogen) atoms. The molecule has 0 spiro atoms. The van der Waals surface area contributed by atoms with Gasteiger partial charge in [-0.15, -0.1) is 11.3 Å². The van der Waals surface area contributed by atoms with Crippen LogP contribution in [0, 0.1) is 11.6 Å². The van der Waals surface area contributed by atoms with Crippen LogP contribution in [0.25, 0.3) is 11.3 Å². The molecule has 0 fully saturated rings. The van der Waals surface area contributed by atoms with Gasteiger partial charge in [0, 0.05) is 18.1 Å². The number of ether oxygens (including phenoxy) is 1. The average molecular weight is 241 g/mol. The van der Waals surface area contributed by atoms with E-state index in [0.29, 0.717) is 12.3 Å². The summed E-state index contributed by atoms with van der Waals surface area (Å²) < 4.78 is 31.3. The fraction of sp³-hybridized carbons (Fsp3) is 0.182. The van der Waals surface area contributed by atoms with Crippen molar-refractivity contribution in [3.8, 4) is 11.3 Å². The molecule has 0 aliphatic heterocycles. The van der Waals surface area contributed by atoms with Gasteiger partial charge in [0.15, 0.2) is 0 Å². The summed E-state index contributed by atoms with van der Waals surface area (Å²) >= 11 is 1.36. The maximum Gasteiger partial charge on any atom is 0.132 e. The Morgan fingerprint density at radius 3 is 2.94 bits per heavy atom. The second-order valence-electron chi connectivity index (χ2n) is 3.18. The molecule has 0 aliphatic carbocycles. The van der Waals surface area contributed by atoms with Gasteiger partial charge in [-0.25, -0.2) is 13.8 Å². The van der Waals surface area contributed by atoms with Gasteiger partial charge in [-0.1, -0.05) is 0 Å². The third kappa shape index (κ3) is 2.25. The molecule has 0 atom stereocenters. The lowest BCUT2D eigenvalue weighted by Crippen LogP contribution is -1.89. The number of methoxy groups -OCH3 is 1. The molecule has 0 saturated carbocycles. The van der Waals surface area contributed by atoms with Gasteiger partial charge in [-0.3, -0.25) is 0 Å². The summed E-state index contributed by atoms with van der Waals surface area (Å²) in [5, 5.41) is 2.42. The summed E-state index contributed by atoms with van der Waals surface area (Å²) in [5.74, 6) is -0.951. The summed E-state index contributed by atoms with van der Waals surface area (Å²) in [6, 6.07) is 3.32. The van der Waals surface area contributed by atoms with Gasteiger partial charge in [0.2, 0.25) is 0 Å². The minimum atomic E-state index is -0.476. The lowest BCUT2D eigenvalue weighted by molar-refractivity contribution is 0.184. The average Bonchev–Trinajstić information content (AvgIpc) is 2.71. The smallest absolute Gasteiger partial charge is 0.132 e. The van der Waals surface area contributed by atoms with E-state index in [1.165, 1.54) is 11.3 Å². The summed E-state index contributed by atoms with van der Waals surface area (Å²) in [6.45, 7) is 0.377. The Morgan fingerprint density at radius 1 is 1.38 bits per heavy atom. The van der Waals surface area contributed by atoms with Crippen LogP contribution in [-0.2, 0) is 11.3 Å². The number of hydrogen-bond acceptors (Lipinski definition) is 3. The van der Waals surface area contributed by atoms with Gasteiger partial charge in [0.05, 0.1) is 12.3 Å². The molecule has 2 rings (SSSR count). The molecule has 0 bridgehead atoms. The quantitative estimate of drug-likeness (QED) is 0.823. The fourth-order valence-corrected chi connectivity index (χ4v) is 2.08. The van der Waals surface area contributed by atoms with Gasteiger partial charge >= 0.3 is 0 Å². The zero-order valence-corrected chi connectivity index (χ0v) is 9.35. The highest BCUT2D eigenvalue weighted by atomic mass is 32.1. The van der Waals surface area contributed by atoms with Crippen molar-refractivity contribution in [1.29, 1.82) is 0 Å². The molecule has 0 radical (unpaired) electrons. The highest BCUT2D eigenvalue weighted by Crippen LogP contribution is 2.25. The number of halogens is 2. The van der Waals surface area contributed by atoms with Crippen LogP contribution in [0.1, 0.15) is 5.01 Å². The van der Waals surface area contributed by atoms with Crippen LogP contribution in [0.5, 0.6) is 0 Å². The number of nitrogens with zero attached hydrogens (tertiary/aromatic N) is 1. The van der Waals surface area contributed by atoms with Crippen LogP contribution in [0.2, 0.25) is 0 Å². The van der Waals surface area contributed by atoms with Crippen LogP contribution in [0.3, 0.4) is 0 Å². The molecular formula is C11H9F2NOS. The van der Waals surface area contributed by atoms with Gasteiger partial charge in [0.1, 0.15) is 16.6 Å². The highest BCUT2D eigenvalue weighted by Gasteiger charge is 2.10. The van der Waals surface area contributed by atoms with Crippen molar-refractivity contribution >= 4 is 11.3 Å². The Labute approximate surface area is 95.5 Å². The van der Waals surface area contributed by atoms with Crippen LogP contribution in [-0.4, -0.2) is 12.1 Å². The number of thiazole rings is 1. The minimum Gasteiger partial charge on any atom is -0.378 e. The normalized spacial score (nSPS) is 10.7. The summed E-state index contributed by atoms with van der Waals surface area (Å²) in [6.07, 6.45) is 0. The maximum absolute atomic E-state index is 13.4. The number of benzene rings is 1. The Balaban J connectivity index is 2.38. The predicted octanol–water partition coefficient (Wildman–Crippen LogP) is 3.23. The van der Waals surface area contributed by atoms with Gasteiger partial charge in [0.25, 0.3) is 0 Å². The van der Waals surface area contributed by atoms with E-state index in [-0.39, 0.29) is 5.56 Å². The lowest BCUT2D eigenvalue weighted by Gasteiger charge is -1.99. The Morgan fingerprint density at radius 2 is 2.19 bits per heavy atom. The SMILES string of the molecule is COCc1nc(-c2cc(F)ccc2F)cs1. The van der Waals surface area contributed by atoms with E-state index in [4.69, 9.17) is 4.74 Å². The van der Waals surface area contributed by atoms with Gasteiger partial charge in [-0.2, -0.15) is 0 Å². The van der Waals surface area contributed by atoms with Crippen molar-refractivity contribution in [2.24, 2.45) is 0 Å². The van der Waals surface area contributed by atoms with Gasteiger partial charge in [-0.05, 0) is 18.2 Å². The van der Waals surface area contributed by atoms with E-state index in [0.717, 1.165) is 23.2 Å². The standard InChI is InChI=1S/C11H9F2NOS/c1-15-5-11-14-10(6-16-11)8-4-7(12)2-3-9(8)13/h2-4,6H,5H2,1H3. The number of hydrogen-bond donors (Lipinski definition) is 0. The minimum absolute atomic E-state index is 0.179. The first-order valence-corrected chi connectivity index (χ1v) is 5.47. The van der Waals surface area contributed by atoms with Crippen LogP contribution < -0.4 is 0 Å². The highest BCUT2D eigenvalue weighted by molar-refractivity contribution is 7.09. The fourth-order valence-electron chi connectivity index (χ4n) is 1.32. The van der Waals surface area contributed by atoms with Crippen molar-refractivity contribution in [3.05, 3.63) is 40.2 Å². The van der Waals surface area contributed by atoms with Gasteiger partial charge < -0.3 is 4.74 Å². The monoisotopic (exact) mass is 241 g/mol. The molecule has 0 aliphatic rings. The number of rotatable bonds is 3. The lowest BCUT2D eigenvalue weighted by atomic mass is 10.1. The van der Waals surface area contributed by atoms with E-state index < -0.39 is 11.6 Å². The molecule has 2 aromatic rings. The summed E-state index contributed by atoms with van der Waals surface area (Å²) in [5.41, 5.74) is 0.618. The van der Waals surface area contributed by atoms with Crippen molar-refractivity contribution in [2.75, 3.05) is 7.11 Å². The van der Waals surface area contributed by atoms with E-state index in [9.17, 15) is 8.78 Å². The molecular weight excluding hydrogens is 232 g/mol. The molecule has 0 amide bonds. The Hall–Kier alpha value is -1.33. The van der Waals surface area contributed by atoms with E-state index in [1.54, 1.807) is 12.5 Å². The molecule has 0 saturated heterocycles. The second kappa shape index (κ2) is 4.67.